The number of nitrogens with one attached hydrogen (secondary N) is 1. The second kappa shape index (κ2) is 7.67. The van der Waals surface area contributed by atoms with Crippen LogP contribution in [0.1, 0.15) is 31.9 Å². The zero-order chi connectivity index (χ0) is 23.2. The van der Waals surface area contributed by atoms with Crippen LogP contribution in [0.4, 0.5) is 16.2 Å². The van der Waals surface area contributed by atoms with Gasteiger partial charge in [-0.3, -0.25) is 14.9 Å². The molecule has 0 aromatic heterocycles. The monoisotopic (exact) mass is 431 g/mol. The maximum atomic E-state index is 13.1. The molecule has 0 saturated carbocycles. The lowest BCUT2D eigenvalue weighted by molar-refractivity contribution is -0.122. The van der Waals surface area contributed by atoms with E-state index in [4.69, 9.17) is 4.74 Å². The molecule has 1 N–H and O–H groups in total. The van der Waals surface area contributed by atoms with Crippen LogP contribution in [0, 0.1) is 0 Å². The molecule has 2 aromatic carbocycles. The second-order valence-corrected chi connectivity index (χ2v) is 8.47. The van der Waals surface area contributed by atoms with Gasteiger partial charge in [0.05, 0.1) is 18.3 Å². The van der Waals surface area contributed by atoms with Gasteiger partial charge in [-0.2, -0.15) is 0 Å². The number of hydrogen-bond acceptors (Lipinski definition) is 5. The molecule has 7 heteroatoms. The number of hydrogen-bond donors (Lipinski definition) is 1. The number of amides is 4. The third-order valence-corrected chi connectivity index (χ3v) is 5.98. The molecular weight excluding hydrogens is 406 g/mol. The van der Waals surface area contributed by atoms with E-state index in [1.54, 1.807) is 24.3 Å². The van der Waals surface area contributed by atoms with Crippen LogP contribution in [0.15, 0.2) is 54.1 Å². The molecule has 7 nitrogen and oxygen atoms in total. The van der Waals surface area contributed by atoms with Gasteiger partial charge in [0.1, 0.15) is 11.3 Å². The van der Waals surface area contributed by atoms with E-state index in [1.165, 1.54) is 13.2 Å². The molecule has 2 heterocycles. The topological polar surface area (TPSA) is 79.0 Å². The van der Waals surface area contributed by atoms with Crippen LogP contribution in [0.3, 0.4) is 0 Å². The van der Waals surface area contributed by atoms with Gasteiger partial charge in [-0.15, -0.1) is 0 Å². The van der Waals surface area contributed by atoms with Crippen LogP contribution in [0.2, 0.25) is 0 Å². The first-order chi connectivity index (χ1) is 15.1. The van der Waals surface area contributed by atoms with E-state index in [0.29, 0.717) is 17.0 Å². The molecule has 0 bridgehead atoms. The summed E-state index contributed by atoms with van der Waals surface area (Å²) in [5.74, 6) is -0.795. The van der Waals surface area contributed by atoms with Crippen molar-refractivity contribution in [2.75, 3.05) is 24.0 Å². The number of anilines is 2. The van der Waals surface area contributed by atoms with Gasteiger partial charge in [0, 0.05) is 18.3 Å². The Hall–Kier alpha value is -3.87. The summed E-state index contributed by atoms with van der Waals surface area (Å²) < 4.78 is 5.12. The van der Waals surface area contributed by atoms with Crippen molar-refractivity contribution in [1.29, 1.82) is 0 Å². The molecule has 1 fully saturated rings. The molecule has 0 unspecified atom stereocenters. The number of nitrogens with zero attached hydrogens (tertiary/aromatic N) is 2. The van der Waals surface area contributed by atoms with Crippen molar-refractivity contribution >= 4 is 40.9 Å². The Morgan fingerprint density at radius 2 is 1.72 bits per heavy atom. The van der Waals surface area contributed by atoms with Crippen LogP contribution in [-0.4, -0.2) is 37.5 Å². The van der Waals surface area contributed by atoms with Crippen molar-refractivity contribution < 1.29 is 19.1 Å². The largest absolute Gasteiger partial charge is 0.497 e. The molecule has 1 saturated heterocycles. The standard InChI is InChI=1S/C25H25N3O4/c1-15-14-25(2,3)27(4)21-11-6-16(12-19(15)21)13-20-22(29)26-24(31)28(23(20)30)17-7-9-18(32-5)10-8-17/h6-14H,1-5H3,(H,26,29,31)/b20-13-. The maximum Gasteiger partial charge on any atom is 0.335 e. The van der Waals surface area contributed by atoms with Gasteiger partial charge in [0.15, 0.2) is 0 Å². The molecule has 2 aliphatic heterocycles. The van der Waals surface area contributed by atoms with Gasteiger partial charge in [0.2, 0.25) is 0 Å². The fourth-order valence-electron chi connectivity index (χ4n) is 4.06. The Labute approximate surface area is 187 Å². The van der Waals surface area contributed by atoms with Gasteiger partial charge < -0.3 is 9.64 Å². The zero-order valence-corrected chi connectivity index (χ0v) is 18.7. The number of fused-ring (bicyclic) bond motifs is 1. The second-order valence-electron chi connectivity index (χ2n) is 8.47. The van der Waals surface area contributed by atoms with Crippen molar-refractivity contribution in [3.05, 3.63) is 65.2 Å². The van der Waals surface area contributed by atoms with Crippen molar-refractivity contribution in [3.8, 4) is 5.75 Å². The van der Waals surface area contributed by atoms with E-state index in [-0.39, 0.29) is 11.1 Å². The summed E-state index contributed by atoms with van der Waals surface area (Å²) >= 11 is 0. The number of allylic oxidation sites excluding steroid dienone is 1. The molecule has 2 aromatic rings. The predicted octanol–water partition coefficient (Wildman–Crippen LogP) is 3.99. The number of barbiturate groups is 1. The normalized spacial score (nSPS) is 19.0. The minimum absolute atomic E-state index is 0.105. The fourth-order valence-corrected chi connectivity index (χ4v) is 4.06. The number of carbonyl (C=O) groups is 3. The average Bonchev–Trinajstić information content (AvgIpc) is 2.75. The molecule has 0 aliphatic carbocycles. The highest BCUT2D eigenvalue weighted by atomic mass is 16.5. The highest BCUT2D eigenvalue weighted by molar-refractivity contribution is 6.39. The SMILES string of the molecule is COc1ccc(N2C(=O)NC(=O)/C(=C/c3ccc4c(c3)C(C)=CC(C)(C)N4C)C2=O)cc1. The van der Waals surface area contributed by atoms with E-state index in [0.717, 1.165) is 21.7 Å². The van der Waals surface area contributed by atoms with Crippen molar-refractivity contribution in [1.82, 2.24) is 5.32 Å². The van der Waals surface area contributed by atoms with Crippen molar-refractivity contribution in [3.63, 3.8) is 0 Å². The smallest absolute Gasteiger partial charge is 0.335 e. The van der Waals surface area contributed by atoms with E-state index in [2.05, 4.69) is 30.1 Å². The predicted molar refractivity (Wildman–Crippen MR) is 125 cm³/mol. The quantitative estimate of drug-likeness (QED) is 0.587. The van der Waals surface area contributed by atoms with Gasteiger partial charge in [-0.1, -0.05) is 12.1 Å². The molecule has 164 valence electrons. The highest BCUT2D eigenvalue weighted by Crippen LogP contribution is 2.38. The lowest BCUT2D eigenvalue weighted by Crippen LogP contribution is -2.54. The van der Waals surface area contributed by atoms with Gasteiger partial charge in [0.25, 0.3) is 11.8 Å². The lowest BCUT2D eigenvalue weighted by atomic mass is 9.88. The number of methoxy groups -OCH3 is 1. The summed E-state index contributed by atoms with van der Waals surface area (Å²) in [5, 5.41) is 2.25. The fraction of sp³-hybridized carbons (Fsp3) is 0.240. The maximum absolute atomic E-state index is 13.1. The summed E-state index contributed by atoms with van der Waals surface area (Å²) in [6, 6.07) is 11.5. The summed E-state index contributed by atoms with van der Waals surface area (Å²) in [4.78, 5) is 41.2. The molecule has 0 radical (unpaired) electrons. The average molecular weight is 431 g/mol. The molecule has 0 spiro atoms. The molecule has 4 amide bonds. The van der Waals surface area contributed by atoms with Crippen LogP contribution in [-0.2, 0) is 9.59 Å². The minimum atomic E-state index is -0.782. The van der Waals surface area contributed by atoms with E-state index < -0.39 is 17.8 Å². The van der Waals surface area contributed by atoms with Crippen LogP contribution < -0.4 is 19.9 Å². The summed E-state index contributed by atoms with van der Waals surface area (Å²) in [5.41, 5.74) is 4.06. The Bertz CT molecular complexity index is 1190. The lowest BCUT2D eigenvalue weighted by Gasteiger charge is -2.40. The third-order valence-electron chi connectivity index (χ3n) is 5.98. The summed E-state index contributed by atoms with van der Waals surface area (Å²) in [6.07, 6.45) is 3.71. The molecule has 4 rings (SSSR count). The molecule has 2 aliphatic rings. The minimum Gasteiger partial charge on any atom is -0.497 e. The van der Waals surface area contributed by atoms with Crippen molar-refractivity contribution in [2.24, 2.45) is 0 Å². The van der Waals surface area contributed by atoms with Crippen LogP contribution in [0.25, 0.3) is 11.6 Å². The number of benzene rings is 2. The molecule has 32 heavy (non-hydrogen) atoms. The number of imide groups is 2. The van der Waals surface area contributed by atoms with E-state index in [9.17, 15) is 14.4 Å². The summed E-state index contributed by atoms with van der Waals surface area (Å²) in [6.45, 7) is 6.34. The molecule has 0 atom stereocenters. The van der Waals surface area contributed by atoms with Crippen LogP contribution >= 0.6 is 0 Å². The highest BCUT2D eigenvalue weighted by Gasteiger charge is 2.37. The number of ether oxygens (including phenoxy) is 1. The molecular formula is C25H25N3O4. The van der Waals surface area contributed by atoms with Crippen LogP contribution in [0.5, 0.6) is 5.75 Å². The Morgan fingerprint density at radius 1 is 1.03 bits per heavy atom. The van der Waals surface area contributed by atoms with Gasteiger partial charge in [-0.25, -0.2) is 9.69 Å². The number of carbonyl (C=O) groups excluding carboxylic acids is 3. The Morgan fingerprint density at radius 3 is 2.38 bits per heavy atom. The first-order valence-electron chi connectivity index (χ1n) is 10.3. The summed E-state index contributed by atoms with van der Waals surface area (Å²) in [7, 11) is 3.57. The van der Waals surface area contributed by atoms with Gasteiger partial charge in [-0.05, 0) is 74.4 Å². The number of likely N-dealkylation sites (N-methyl/N-ethyl adjacent to an activating group) is 1. The number of rotatable bonds is 3. The first kappa shape index (κ1) is 21.4. The first-order valence-corrected chi connectivity index (χ1v) is 10.3. The van der Waals surface area contributed by atoms with Crippen molar-refractivity contribution in [2.45, 2.75) is 26.3 Å². The zero-order valence-electron chi connectivity index (χ0n) is 18.7. The third kappa shape index (κ3) is 3.56. The Balaban J connectivity index is 1.72. The Kier molecular flexibility index (Phi) is 5.12. The van der Waals surface area contributed by atoms with E-state index >= 15 is 0 Å². The number of urea groups is 1. The van der Waals surface area contributed by atoms with Gasteiger partial charge >= 0.3 is 6.03 Å². The van der Waals surface area contributed by atoms with E-state index in [1.807, 2.05) is 32.2 Å².